The van der Waals surface area contributed by atoms with Gasteiger partial charge in [0.05, 0.1) is 16.9 Å². The normalized spacial score (nSPS) is 15.2. The molecule has 0 fully saturated rings. The predicted molar refractivity (Wildman–Crippen MR) is 124 cm³/mol. The Bertz CT molecular complexity index is 1140. The number of nitrogens with zero attached hydrogens (tertiary/aromatic N) is 4. The first-order valence-electron chi connectivity index (χ1n) is 10.8. The minimum absolute atomic E-state index is 0.544. The fourth-order valence-electron chi connectivity index (χ4n) is 3.88. The second-order valence-electron chi connectivity index (χ2n) is 7.89. The van der Waals surface area contributed by atoms with Crippen LogP contribution in [0.4, 0.5) is 0 Å². The maximum atomic E-state index is 5.68. The van der Waals surface area contributed by atoms with Gasteiger partial charge < -0.3 is 9.68 Å². The molecule has 1 aromatic carbocycles. The van der Waals surface area contributed by atoms with E-state index in [0.717, 1.165) is 66.1 Å². The van der Waals surface area contributed by atoms with Crippen molar-refractivity contribution in [3.8, 4) is 0 Å². The number of hydrogen-bond acceptors (Lipinski definition) is 6. The van der Waals surface area contributed by atoms with Crippen LogP contribution < -0.4 is 0 Å². The molecule has 2 heterocycles. The second-order valence-corrected chi connectivity index (χ2v) is 7.89. The molecule has 6 nitrogen and oxygen atoms in total. The lowest BCUT2D eigenvalue weighted by Gasteiger charge is -2.17. The Balaban J connectivity index is 1.38. The molecule has 0 spiro atoms. The molecule has 4 rings (SSSR count). The topological polar surface area (TPSA) is 69.0 Å². The molecule has 0 saturated carbocycles. The van der Waals surface area contributed by atoms with Gasteiger partial charge in [0.1, 0.15) is 25.1 Å². The summed E-state index contributed by atoms with van der Waals surface area (Å²) < 4.78 is 0. The van der Waals surface area contributed by atoms with Crippen LogP contribution in [0.1, 0.15) is 54.4 Å². The third-order valence-electron chi connectivity index (χ3n) is 5.43. The van der Waals surface area contributed by atoms with E-state index in [4.69, 9.17) is 14.7 Å². The van der Waals surface area contributed by atoms with Crippen molar-refractivity contribution in [1.82, 2.24) is 9.97 Å². The summed E-state index contributed by atoms with van der Waals surface area (Å²) in [7, 11) is 1.54. The number of fused-ring (bicyclic) bond motifs is 2. The molecule has 3 aromatic rings. The summed E-state index contributed by atoms with van der Waals surface area (Å²) in [5.74, 6) is 0. The standard InChI is InChI=1S/C25H28N4O2/c1-17-12-13-23-20(15-17)16-19-7-4-11-24(25(19)27-23)29-31-14-6-9-21-8-5-10-22(26-21)18(2)28-30-3/h5,8,10,12-13,15-16H,4,6-7,9,11,14H2,1-3H3/b28-18+,29-24+. The van der Waals surface area contributed by atoms with Gasteiger partial charge in [-0.1, -0.05) is 28.0 Å². The van der Waals surface area contributed by atoms with Crippen LogP contribution in [0.2, 0.25) is 0 Å². The van der Waals surface area contributed by atoms with Crippen molar-refractivity contribution in [1.29, 1.82) is 0 Å². The van der Waals surface area contributed by atoms with E-state index in [0.29, 0.717) is 6.61 Å². The molecule has 0 N–H and O–H groups in total. The summed E-state index contributed by atoms with van der Waals surface area (Å²) in [4.78, 5) is 20.0. The zero-order valence-electron chi connectivity index (χ0n) is 18.4. The van der Waals surface area contributed by atoms with Crippen LogP contribution in [0.15, 0.2) is 52.8 Å². The molecule has 1 aliphatic carbocycles. The van der Waals surface area contributed by atoms with Crippen molar-refractivity contribution in [3.63, 3.8) is 0 Å². The highest BCUT2D eigenvalue weighted by Gasteiger charge is 2.18. The highest BCUT2D eigenvalue weighted by atomic mass is 16.6. The second kappa shape index (κ2) is 9.69. The van der Waals surface area contributed by atoms with Crippen molar-refractivity contribution >= 4 is 22.3 Å². The van der Waals surface area contributed by atoms with Crippen LogP contribution in [-0.4, -0.2) is 35.1 Å². The van der Waals surface area contributed by atoms with E-state index >= 15 is 0 Å². The maximum Gasteiger partial charge on any atom is 0.117 e. The van der Waals surface area contributed by atoms with Gasteiger partial charge in [-0.25, -0.2) is 4.98 Å². The summed E-state index contributed by atoms with van der Waals surface area (Å²) in [5, 5.41) is 9.59. The Hall–Kier alpha value is -3.28. The molecule has 0 radical (unpaired) electrons. The van der Waals surface area contributed by atoms with Gasteiger partial charge in [-0.05, 0) is 81.8 Å². The van der Waals surface area contributed by atoms with Crippen molar-refractivity contribution in [2.24, 2.45) is 10.3 Å². The van der Waals surface area contributed by atoms with Crippen LogP contribution in [-0.2, 0) is 22.5 Å². The first kappa shape index (κ1) is 21.0. The molecular weight excluding hydrogens is 388 g/mol. The Labute approximate surface area is 183 Å². The highest BCUT2D eigenvalue weighted by molar-refractivity contribution is 6.02. The minimum Gasteiger partial charge on any atom is -0.399 e. The number of benzene rings is 1. The van der Waals surface area contributed by atoms with Crippen LogP contribution in [0.3, 0.4) is 0 Å². The van der Waals surface area contributed by atoms with Crippen LogP contribution in [0.25, 0.3) is 10.9 Å². The van der Waals surface area contributed by atoms with Crippen molar-refractivity contribution in [3.05, 3.63) is 70.7 Å². The summed E-state index contributed by atoms with van der Waals surface area (Å²) in [5.41, 5.74) is 8.07. The van der Waals surface area contributed by atoms with E-state index < -0.39 is 0 Å². The van der Waals surface area contributed by atoms with E-state index in [1.165, 1.54) is 23.6 Å². The molecule has 0 atom stereocenters. The van der Waals surface area contributed by atoms with Crippen molar-refractivity contribution in [2.45, 2.75) is 46.0 Å². The van der Waals surface area contributed by atoms with Gasteiger partial charge >= 0.3 is 0 Å². The quantitative estimate of drug-likeness (QED) is 0.309. The molecule has 0 aliphatic heterocycles. The van der Waals surface area contributed by atoms with Crippen molar-refractivity contribution < 1.29 is 9.68 Å². The van der Waals surface area contributed by atoms with Gasteiger partial charge in [-0.2, -0.15) is 0 Å². The van der Waals surface area contributed by atoms with Gasteiger partial charge in [0.15, 0.2) is 0 Å². The predicted octanol–water partition coefficient (Wildman–Crippen LogP) is 5.00. The third kappa shape index (κ3) is 5.08. The molecule has 160 valence electrons. The maximum absolute atomic E-state index is 5.68. The Morgan fingerprint density at radius 1 is 1.10 bits per heavy atom. The highest BCUT2D eigenvalue weighted by Crippen LogP contribution is 2.25. The van der Waals surface area contributed by atoms with Crippen molar-refractivity contribution in [2.75, 3.05) is 13.7 Å². The molecule has 0 unspecified atom stereocenters. The van der Waals surface area contributed by atoms with E-state index in [1.807, 2.05) is 25.1 Å². The van der Waals surface area contributed by atoms with Gasteiger partial charge in [-0.3, -0.25) is 4.98 Å². The van der Waals surface area contributed by atoms with E-state index in [2.05, 4.69) is 46.5 Å². The summed E-state index contributed by atoms with van der Waals surface area (Å²) in [6, 6.07) is 14.6. The first-order valence-corrected chi connectivity index (χ1v) is 10.8. The molecule has 31 heavy (non-hydrogen) atoms. The smallest absolute Gasteiger partial charge is 0.117 e. The third-order valence-corrected chi connectivity index (χ3v) is 5.43. The zero-order valence-corrected chi connectivity index (χ0v) is 18.4. The van der Waals surface area contributed by atoms with E-state index in [1.54, 1.807) is 0 Å². The molecule has 0 bridgehead atoms. The van der Waals surface area contributed by atoms with E-state index in [9.17, 15) is 0 Å². The SMILES string of the molecule is CO/N=C(\C)c1cccc(CCCO/N=C2\CCCc3cc4cc(C)ccc4nc32)n1. The lowest BCUT2D eigenvalue weighted by molar-refractivity contribution is 0.141. The fourth-order valence-corrected chi connectivity index (χ4v) is 3.88. The Kier molecular flexibility index (Phi) is 6.55. The number of pyridine rings is 2. The largest absolute Gasteiger partial charge is 0.399 e. The van der Waals surface area contributed by atoms with Gasteiger partial charge in [0.2, 0.25) is 0 Å². The molecule has 1 aliphatic rings. The summed E-state index contributed by atoms with van der Waals surface area (Å²) >= 11 is 0. The summed E-state index contributed by atoms with van der Waals surface area (Å²) in [6.07, 6.45) is 4.67. The average Bonchev–Trinajstić information content (AvgIpc) is 2.78. The number of hydrogen-bond donors (Lipinski definition) is 0. The van der Waals surface area contributed by atoms with Gasteiger partial charge in [0.25, 0.3) is 0 Å². The van der Waals surface area contributed by atoms with Gasteiger partial charge in [0, 0.05) is 11.1 Å². The van der Waals surface area contributed by atoms with Crippen LogP contribution in [0, 0.1) is 6.92 Å². The Morgan fingerprint density at radius 2 is 2.00 bits per heavy atom. The van der Waals surface area contributed by atoms with Crippen LogP contribution >= 0.6 is 0 Å². The number of aryl methyl sites for hydroxylation is 3. The van der Waals surface area contributed by atoms with E-state index in [-0.39, 0.29) is 0 Å². The zero-order chi connectivity index (χ0) is 21.6. The Morgan fingerprint density at radius 3 is 2.87 bits per heavy atom. The number of aromatic nitrogens is 2. The molecule has 6 heteroatoms. The minimum atomic E-state index is 0.544. The molecule has 2 aromatic heterocycles. The summed E-state index contributed by atoms with van der Waals surface area (Å²) in [6.45, 7) is 4.54. The molecular formula is C25H28N4O2. The number of rotatable bonds is 7. The lowest BCUT2D eigenvalue weighted by atomic mass is 9.93. The number of oxime groups is 2. The average molecular weight is 417 g/mol. The first-order chi connectivity index (χ1) is 15.1. The molecule has 0 amide bonds. The van der Waals surface area contributed by atoms with Crippen LogP contribution in [0.5, 0.6) is 0 Å². The fraction of sp³-hybridized carbons (Fsp3) is 0.360. The van der Waals surface area contributed by atoms with Gasteiger partial charge in [-0.15, -0.1) is 0 Å². The monoisotopic (exact) mass is 416 g/mol. The lowest BCUT2D eigenvalue weighted by Crippen LogP contribution is -2.15. The molecule has 0 saturated heterocycles.